The summed E-state index contributed by atoms with van der Waals surface area (Å²) in [5.74, 6) is 0.723. The number of halogens is 2. The van der Waals surface area contributed by atoms with Crippen molar-refractivity contribution in [1.29, 1.82) is 0 Å². The first kappa shape index (κ1) is 19.5. The molecule has 1 heterocycles. The molecular formula is C19H16ClIN2O4. The molecule has 8 heteroatoms. The van der Waals surface area contributed by atoms with Gasteiger partial charge in [-0.3, -0.25) is 10.1 Å². The molecule has 0 aliphatic carbocycles. The van der Waals surface area contributed by atoms with E-state index in [0.29, 0.717) is 35.3 Å². The van der Waals surface area contributed by atoms with E-state index in [0.717, 1.165) is 9.13 Å². The molecule has 3 amide bonds. The van der Waals surface area contributed by atoms with E-state index in [2.05, 4.69) is 33.2 Å². The lowest BCUT2D eigenvalue weighted by molar-refractivity contribution is -0.115. The van der Waals surface area contributed by atoms with Gasteiger partial charge in [-0.15, -0.1) is 0 Å². The zero-order valence-corrected chi connectivity index (χ0v) is 17.3. The molecule has 0 bridgehead atoms. The molecular weight excluding hydrogens is 483 g/mol. The van der Waals surface area contributed by atoms with E-state index in [1.807, 2.05) is 37.3 Å². The molecule has 0 aromatic heterocycles. The number of rotatable bonds is 6. The molecule has 1 aliphatic heterocycles. The molecule has 6 nitrogen and oxygen atoms in total. The molecule has 3 rings (SSSR count). The van der Waals surface area contributed by atoms with Crippen molar-refractivity contribution in [3.63, 3.8) is 0 Å². The second-order valence-electron chi connectivity index (χ2n) is 5.64. The number of carbonyl (C=O) groups is 2. The highest BCUT2D eigenvalue weighted by atomic mass is 127. The summed E-state index contributed by atoms with van der Waals surface area (Å²) in [6, 6.07) is 10.5. The summed E-state index contributed by atoms with van der Waals surface area (Å²) < 4.78 is 12.5. The van der Waals surface area contributed by atoms with E-state index in [-0.39, 0.29) is 5.70 Å². The average Bonchev–Trinajstić information content (AvgIpc) is 2.93. The SMILES string of the molecule is CCOc1cc(/C=C2/NC(=O)NC2=O)cc(I)c1OCc1ccc(Cl)cc1. The molecule has 0 atom stereocenters. The lowest BCUT2D eigenvalue weighted by atomic mass is 10.1. The summed E-state index contributed by atoms with van der Waals surface area (Å²) in [6.07, 6.45) is 1.59. The molecule has 1 aliphatic rings. The highest BCUT2D eigenvalue weighted by Crippen LogP contribution is 2.35. The molecule has 2 N–H and O–H groups in total. The largest absolute Gasteiger partial charge is 0.490 e. The maximum absolute atomic E-state index is 11.7. The van der Waals surface area contributed by atoms with Crippen molar-refractivity contribution in [2.24, 2.45) is 0 Å². The topological polar surface area (TPSA) is 76.7 Å². The lowest BCUT2D eigenvalue weighted by Crippen LogP contribution is -2.22. The van der Waals surface area contributed by atoms with Crippen LogP contribution in [-0.4, -0.2) is 18.5 Å². The van der Waals surface area contributed by atoms with Crippen molar-refractivity contribution < 1.29 is 19.1 Å². The third-order valence-corrected chi connectivity index (χ3v) is 4.71. The fraction of sp³-hybridized carbons (Fsp3) is 0.158. The maximum Gasteiger partial charge on any atom is 0.326 e. The molecule has 27 heavy (non-hydrogen) atoms. The first-order valence-corrected chi connectivity index (χ1v) is 9.59. The molecule has 0 radical (unpaired) electrons. The second kappa shape index (κ2) is 8.62. The minimum absolute atomic E-state index is 0.188. The van der Waals surface area contributed by atoms with Gasteiger partial charge >= 0.3 is 6.03 Å². The van der Waals surface area contributed by atoms with Crippen molar-refractivity contribution in [2.45, 2.75) is 13.5 Å². The third kappa shape index (κ3) is 4.92. The predicted octanol–water partition coefficient (Wildman–Crippen LogP) is 4.10. The van der Waals surface area contributed by atoms with E-state index < -0.39 is 11.9 Å². The molecule has 2 aromatic carbocycles. The Morgan fingerprint density at radius 2 is 1.85 bits per heavy atom. The number of ether oxygens (including phenoxy) is 2. The molecule has 1 saturated heterocycles. The maximum atomic E-state index is 11.7. The molecule has 2 aromatic rings. The molecule has 0 saturated carbocycles. The Morgan fingerprint density at radius 1 is 1.11 bits per heavy atom. The van der Waals surface area contributed by atoms with Gasteiger partial charge in [0.15, 0.2) is 11.5 Å². The number of amides is 3. The Hall–Kier alpha value is -2.26. The number of nitrogens with one attached hydrogen (secondary N) is 2. The van der Waals surface area contributed by atoms with Gasteiger partial charge in [0.1, 0.15) is 12.3 Å². The summed E-state index contributed by atoms with van der Waals surface area (Å²) in [5.41, 5.74) is 1.89. The van der Waals surface area contributed by atoms with Crippen LogP contribution in [0.5, 0.6) is 11.5 Å². The van der Waals surface area contributed by atoms with Gasteiger partial charge in [-0.05, 0) is 71.0 Å². The van der Waals surface area contributed by atoms with Crippen LogP contribution in [0.3, 0.4) is 0 Å². The number of hydrogen-bond acceptors (Lipinski definition) is 4. The molecule has 1 fully saturated rings. The Labute approximate surface area is 175 Å². The minimum Gasteiger partial charge on any atom is -0.490 e. The lowest BCUT2D eigenvalue weighted by Gasteiger charge is -2.15. The number of hydrogen-bond donors (Lipinski definition) is 2. The van der Waals surface area contributed by atoms with E-state index in [4.69, 9.17) is 21.1 Å². The van der Waals surface area contributed by atoms with Crippen molar-refractivity contribution in [1.82, 2.24) is 10.6 Å². The summed E-state index contributed by atoms with van der Waals surface area (Å²) in [4.78, 5) is 23.0. The van der Waals surface area contributed by atoms with Crippen LogP contribution >= 0.6 is 34.2 Å². The van der Waals surface area contributed by atoms with Crippen molar-refractivity contribution in [3.05, 3.63) is 61.8 Å². The number of urea groups is 1. The van der Waals surface area contributed by atoms with Crippen LogP contribution in [0.15, 0.2) is 42.1 Å². The Morgan fingerprint density at radius 3 is 2.48 bits per heavy atom. The monoisotopic (exact) mass is 498 g/mol. The van der Waals surface area contributed by atoms with E-state index in [1.165, 1.54) is 0 Å². The van der Waals surface area contributed by atoms with Gasteiger partial charge in [0.05, 0.1) is 10.2 Å². The van der Waals surface area contributed by atoms with Crippen LogP contribution < -0.4 is 20.1 Å². The summed E-state index contributed by atoms with van der Waals surface area (Å²) in [5, 5.41) is 5.31. The van der Waals surface area contributed by atoms with Gasteiger partial charge < -0.3 is 14.8 Å². The van der Waals surface area contributed by atoms with Gasteiger partial charge in [0, 0.05) is 5.02 Å². The van der Waals surface area contributed by atoms with Crippen LogP contribution in [0.4, 0.5) is 4.79 Å². The predicted molar refractivity (Wildman–Crippen MR) is 111 cm³/mol. The quantitative estimate of drug-likeness (QED) is 0.357. The summed E-state index contributed by atoms with van der Waals surface area (Å²) >= 11 is 8.06. The standard InChI is InChI=1S/C19H16ClIN2O4/c1-2-26-16-9-12(8-15-18(24)23-19(25)22-15)7-14(21)17(16)27-10-11-3-5-13(20)6-4-11/h3-9H,2,10H2,1H3,(H2,22,23,24,25)/b15-8+. The second-order valence-corrected chi connectivity index (χ2v) is 7.24. The highest BCUT2D eigenvalue weighted by Gasteiger charge is 2.23. The van der Waals surface area contributed by atoms with Crippen LogP contribution in [0.2, 0.25) is 5.02 Å². The Kier molecular flexibility index (Phi) is 6.22. The van der Waals surface area contributed by atoms with Crippen molar-refractivity contribution >= 4 is 52.2 Å². The summed E-state index contributed by atoms with van der Waals surface area (Å²) in [7, 11) is 0. The van der Waals surface area contributed by atoms with E-state index in [1.54, 1.807) is 12.1 Å². The van der Waals surface area contributed by atoms with Crippen molar-refractivity contribution in [2.75, 3.05) is 6.61 Å². The Balaban J connectivity index is 1.85. The smallest absolute Gasteiger partial charge is 0.326 e. The number of imide groups is 1. The van der Waals surface area contributed by atoms with Gasteiger partial charge in [-0.25, -0.2) is 4.79 Å². The summed E-state index contributed by atoms with van der Waals surface area (Å²) in [6.45, 7) is 2.71. The zero-order chi connectivity index (χ0) is 19.4. The van der Waals surface area contributed by atoms with Crippen LogP contribution in [0, 0.1) is 3.57 Å². The van der Waals surface area contributed by atoms with Gasteiger partial charge in [-0.1, -0.05) is 23.7 Å². The first-order chi connectivity index (χ1) is 13.0. The van der Waals surface area contributed by atoms with Crippen LogP contribution in [0.1, 0.15) is 18.1 Å². The number of carbonyl (C=O) groups excluding carboxylic acids is 2. The zero-order valence-electron chi connectivity index (χ0n) is 14.3. The van der Waals surface area contributed by atoms with Crippen molar-refractivity contribution in [3.8, 4) is 11.5 Å². The van der Waals surface area contributed by atoms with E-state index >= 15 is 0 Å². The van der Waals surface area contributed by atoms with E-state index in [9.17, 15) is 9.59 Å². The van der Waals surface area contributed by atoms with Gasteiger partial charge in [-0.2, -0.15) is 0 Å². The highest BCUT2D eigenvalue weighted by molar-refractivity contribution is 14.1. The minimum atomic E-state index is -0.533. The van der Waals surface area contributed by atoms with Gasteiger partial charge in [0.25, 0.3) is 5.91 Å². The molecule has 0 spiro atoms. The van der Waals surface area contributed by atoms with Crippen LogP contribution in [-0.2, 0) is 11.4 Å². The first-order valence-electron chi connectivity index (χ1n) is 8.14. The number of benzene rings is 2. The van der Waals surface area contributed by atoms with Gasteiger partial charge in [0.2, 0.25) is 0 Å². The fourth-order valence-electron chi connectivity index (χ4n) is 2.46. The Bertz CT molecular complexity index is 913. The molecule has 0 unspecified atom stereocenters. The van der Waals surface area contributed by atoms with Crippen LogP contribution in [0.25, 0.3) is 6.08 Å². The average molecular weight is 499 g/mol. The third-order valence-electron chi connectivity index (χ3n) is 3.66. The normalized spacial score (nSPS) is 14.9. The molecule has 140 valence electrons. The fourth-order valence-corrected chi connectivity index (χ4v) is 3.37.